The monoisotopic (exact) mass is 434 g/mol. The summed E-state index contributed by atoms with van der Waals surface area (Å²) in [6.07, 6.45) is 2.26. The fourth-order valence-corrected chi connectivity index (χ4v) is 3.65. The predicted molar refractivity (Wildman–Crippen MR) is 110 cm³/mol. The molecule has 10 heteroatoms. The van der Waals surface area contributed by atoms with Gasteiger partial charge in [-0.25, -0.2) is 19.1 Å². The largest absolute Gasteiger partial charge is 0.424 e. The molecule has 1 aliphatic rings. The highest BCUT2D eigenvalue weighted by molar-refractivity contribution is 7.32. The van der Waals surface area contributed by atoms with Gasteiger partial charge in [-0.1, -0.05) is 26.0 Å². The highest BCUT2D eigenvalue weighted by Crippen LogP contribution is 2.37. The van der Waals surface area contributed by atoms with Crippen molar-refractivity contribution >= 4 is 36.8 Å². The number of benzene rings is 1. The van der Waals surface area contributed by atoms with Crippen LogP contribution in [-0.4, -0.2) is 27.6 Å². The number of aryl methyl sites for hydroxylation is 2. The first-order valence-corrected chi connectivity index (χ1v) is 10.7. The lowest BCUT2D eigenvalue weighted by Gasteiger charge is -2.29. The van der Waals surface area contributed by atoms with E-state index in [0.29, 0.717) is 35.5 Å². The Labute approximate surface area is 174 Å². The third-order valence-corrected chi connectivity index (χ3v) is 4.89. The van der Waals surface area contributed by atoms with Crippen molar-refractivity contribution in [1.82, 2.24) is 4.98 Å². The molecule has 30 heavy (non-hydrogen) atoms. The summed E-state index contributed by atoms with van der Waals surface area (Å²) in [6, 6.07) is 5.33. The van der Waals surface area contributed by atoms with Crippen LogP contribution in [0, 0.1) is 0 Å². The topological polar surface area (TPSA) is 124 Å². The molecule has 2 heterocycles. The molecule has 0 aliphatic carbocycles. The van der Waals surface area contributed by atoms with Crippen LogP contribution in [0.4, 0.5) is 5.69 Å². The third-order valence-electron chi connectivity index (χ3n) is 4.51. The summed E-state index contributed by atoms with van der Waals surface area (Å²) in [5.74, 6) is -2.58. The number of anilines is 1. The van der Waals surface area contributed by atoms with Gasteiger partial charge in [-0.05, 0) is 18.9 Å². The van der Waals surface area contributed by atoms with Gasteiger partial charge in [0.25, 0.3) is 5.79 Å². The van der Waals surface area contributed by atoms with Crippen molar-refractivity contribution in [2.24, 2.45) is 0 Å². The minimum Gasteiger partial charge on any atom is -0.424 e. The molecule has 0 saturated carbocycles. The Morgan fingerprint density at radius 1 is 1.20 bits per heavy atom. The molecule has 0 amide bonds. The normalized spacial score (nSPS) is 16.6. The van der Waals surface area contributed by atoms with Crippen LogP contribution >= 0.6 is 8.25 Å². The van der Waals surface area contributed by atoms with Crippen molar-refractivity contribution in [3.63, 3.8) is 0 Å². The number of aromatic nitrogens is 1. The number of ether oxygens (including phenoxy) is 2. The summed E-state index contributed by atoms with van der Waals surface area (Å²) in [5.41, 5.74) is 2.13. The first-order valence-electron chi connectivity index (χ1n) is 9.45. The maximum atomic E-state index is 12.1. The molecule has 2 N–H and O–H groups in total. The average Bonchev–Trinajstić information content (AvgIpc) is 2.65. The van der Waals surface area contributed by atoms with E-state index < -0.39 is 26.0 Å². The molecule has 160 valence electrons. The van der Waals surface area contributed by atoms with Crippen LogP contribution in [0.1, 0.15) is 39.0 Å². The fraction of sp³-hybridized carbons (Fsp3) is 0.350. The Kier molecular flexibility index (Phi) is 6.14. The number of esters is 2. The van der Waals surface area contributed by atoms with Crippen LogP contribution in [-0.2, 0) is 36.5 Å². The Morgan fingerprint density at radius 3 is 2.43 bits per heavy atom. The van der Waals surface area contributed by atoms with Gasteiger partial charge in [0.1, 0.15) is 0 Å². The van der Waals surface area contributed by atoms with Gasteiger partial charge >= 0.3 is 20.2 Å². The van der Waals surface area contributed by atoms with Gasteiger partial charge in [-0.3, -0.25) is 0 Å². The molecule has 1 aliphatic heterocycles. The summed E-state index contributed by atoms with van der Waals surface area (Å²) >= 11 is 0. The SMILES string of the molecule is CCc1nc2c(NC=C3C(=O)OC(C)(C)OC3=O)cccc2c(CC)c1O[PH](=O)O. The number of nitrogens with one attached hydrogen (secondary N) is 1. The summed E-state index contributed by atoms with van der Waals surface area (Å²) in [6.45, 7) is 6.72. The first kappa shape index (κ1) is 21.8. The maximum absolute atomic E-state index is 12.1. The molecule has 9 nitrogen and oxygen atoms in total. The summed E-state index contributed by atoms with van der Waals surface area (Å²) in [7, 11) is -3.19. The molecule has 1 fully saturated rings. The summed E-state index contributed by atoms with van der Waals surface area (Å²) in [5, 5.41) is 3.66. The Morgan fingerprint density at radius 2 is 1.87 bits per heavy atom. The zero-order valence-electron chi connectivity index (χ0n) is 17.1. The highest BCUT2D eigenvalue weighted by atomic mass is 31.1. The average molecular weight is 434 g/mol. The van der Waals surface area contributed by atoms with E-state index in [4.69, 9.17) is 14.0 Å². The van der Waals surface area contributed by atoms with Gasteiger partial charge in [-0.15, -0.1) is 0 Å². The molecule has 0 bridgehead atoms. The number of fused-ring (bicyclic) bond motifs is 1. The molecule has 1 saturated heterocycles. The molecule has 1 atom stereocenters. The Bertz CT molecular complexity index is 1060. The standard InChI is InChI=1S/C20H23N2O7P/c1-5-11-12-8-7-9-15(16(12)22-14(6-2)17(11)29-30(25)26)21-10-13-18(23)27-20(3,4)28-19(13)24/h7-10,21,30H,5-6H2,1-4H3,(H,25,26). The zero-order valence-corrected chi connectivity index (χ0v) is 18.1. The number of rotatable bonds is 6. The van der Waals surface area contributed by atoms with Gasteiger partial charge in [-0.2, -0.15) is 0 Å². The van der Waals surface area contributed by atoms with Gasteiger partial charge in [0, 0.05) is 31.0 Å². The molecule has 1 aromatic heterocycles. The molecule has 1 aromatic carbocycles. The lowest BCUT2D eigenvalue weighted by atomic mass is 10.0. The van der Waals surface area contributed by atoms with Gasteiger partial charge in [0.05, 0.1) is 16.9 Å². The van der Waals surface area contributed by atoms with E-state index in [1.54, 1.807) is 12.1 Å². The number of nitrogens with zero attached hydrogens (tertiary/aromatic N) is 1. The molecule has 3 rings (SSSR count). The van der Waals surface area contributed by atoms with Crippen molar-refractivity contribution in [2.75, 3.05) is 5.32 Å². The minimum absolute atomic E-state index is 0.267. The molecule has 1 unspecified atom stereocenters. The number of para-hydroxylation sites is 1. The zero-order chi connectivity index (χ0) is 22.1. The van der Waals surface area contributed by atoms with Crippen molar-refractivity contribution < 1.29 is 33.0 Å². The summed E-state index contributed by atoms with van der Waals surface area (Å²) < 4.78 is 26.7. The summed E-state index contributed by atoms with van der Waals surface area (Å²) in [4.78, 5) is 38.2. The smallest absolute Gasteiger partial charge is 0.365 e. The number of pyridine rings is 1. The van der Waals surface area contributed by atoms with E-state index in [1.807, 2.05) is 19.9 Å². The minimum atomic E-state index is -3.19. The van der Waals surface area contributed by atoms with Crippen LogP contribution in [0.2, 0.25) is 0 Å². The highest BCUT2D eigenvalue weighted by Gasteiger charge is 2.39. The lowest BCUT2D eigenvalue weighted by molar-refractivity contribution is -0.222. The van der Waals surface area contributed by atoms with Crippen LogP contribution in [0.15, 0.2) is 30.0 Å². The second kappa shape index (κ2) is 8.45. The Balaban J connectivity index is 2.07. The second-order valence-electron chi connectivity index (χ2n) is 7.02. The van der Waals surface area contributed by atoms with E-state index >= 15 is 0 Å². The van der Waals surface area contributed by atoms with Gasteiger partial charge in [0.15, 0.2) is 11.3 Å². The van der Waals surface area contributed by atoms with E-state index in [-0.39, 0.29) is 5.57 Å². The number of hydrogen-bond acceptors (Lipinski definition) is 8. The van der Waals surface area contributed by atoms with E-state index in [0.717, 1.165) is 10.9 Å². The lowest BCUT2D eigenvalue weighted by Crippen LogP contribution is -2.42. The van der Waals surface area contributed by atoms with E-state index in [9.17, 15) is 19.0 Å². The van der Waals surface area contributed by atoms with Crippen molar-refractivity contribution in [2.45, 2.75) is 46.3 Å². The molecule has 0 radical (unpaired) electrons. The van der Waals surface area contributed by atoms with Crippen LogP contribution < -0.4 is 9.84 Å². The van der Waals surface area contributed by atoms with E-state index in [2.05, 4.69) is 10.3 Å². The van der Waals surface area contributed by atoms with Crippen molar-refractivity contribution in [1.29, 1.82) is 0 Å². The molecule has 2 aromatic rings. The van der Waals surface area contributed by atoms with Crippen LogP contribution in [0.25, 0.3) is 10.9 Å². The third kappa shape index (κ3) is 4.32. The predicted octanol–water partition coefficient (Wildman–Crippen LogP) is 3.25. The molecular weight excluding hydrogens is 411 g/mol. The van der Waals surface area contributed by atoms with Gasteiger partial charge < -0.3 is 24.2 Å². The maximum Gasteiger partial charge on any atom is 0.365 e. The van der Waals surface area contributed by atoms with E-state index in [1.165, 1.54) is 20.0 Å². The number of carbonyl (C=O) groups is 2. The van der Waals surface area contributed by atoms with Crippen LogP contribution in [0.3, 0.4) is 0 Å². The Hall–Kier alpha value is -2.90. The van der Waals surface area contributed by atoms with Gasteiger partial charge in [0.2, 0.25) is 0 Å². The molecule has 0 spiro atoms. The first-order chi connectivity index (χ1) is 14.2. The van der Waals surface area contributed by atoms with Crippen molar-refractivity contribution in [3.8, 4) is 5.75 Å². The number of carbonyl (C=O) groups excluding carboxylic acids is 2. The fourth-order valence-electron chi connectivity index (χ4n) is 3.23. The number of hydrogen-bond donors (Lipinski definition) is 2. The quantitative estimate of drug-likeness (QED) is 0.305. The van der Waals surface area contributed by atoms with Crippen LogP contribution in [0.5, 0.6) is 5.75 Å². The second-order valence-corrected chi connectivity index (χ2v) is 7.76. The van der Waals surface area contributed by atoms with Crippen molar-refractivity contribution in [3.05, 3.63) is 41.2 Å². The number of cyclic esters (lactones) is 2. The molecular formula is C20H23N2O7P.